The van der Waals surface area contributed by atoms with E-state index in [4.69, 9.17) is 4.74 Å². The molecule has 1 aromatic carbocycles. The second kappa shape index (κ2) is 4.34. The molecule has 2 heteroatoms. The lowest BCUT2D eigenvalue weighted by atomic mass is 9.79. The van der Waals surface area contributed by atoms with Crippen LogP contribution in [0.5, 0.6) is 5.75 Å². The Kier molecular flexibility index (Phi) is 2.83. The van der Waals surface area contributed by atoms with E-state index < -0.39 is 0 Å². The minimum atomic E-state index is 0.612. The molecule has 1 aliphatic carbocycles. The molecule has 1 heterocycles. The highest BCUT2D eigenvalue weighted by molar-refractivity contribution is 5.39. The minimum Gasteiger partial charge on any atom is -0.497 e. The summed E-state index contributed by atoms with van der Waals surface area (Å²) in [7, 11) is 4.02. The van der Waals surface area contributed by atoms with E-state index in [-0.39, 0.29) is 0 Å². The van der Waals surface area contributed by atoms with Gasteiger partial charge in [0.15, 0.2) is 0 Å². The molecule has 1 aliphatic heterocycles. The molecule has 2 nitrogen and oxygen atoms in total. The zero-order valence-electron chi connectivity index (χ0n) is 10.8. The summed E-state index contributed by atoms with van der Waals surface area (Å²) < 4.78 is 5.37. The van der Waals surface area contributed by atoms with E-state index >= 15 is 0 Å². The molecule has 1 fully saturated rings. The van der Waals surface area contributed by atoms with Crippen molar-refractivity contribution in [1.82, 2.24) is 4.90 Å². The van der Waals surface area contributed by atoms with E-state index in [0.717, 1.165) is 11.7 Å². The van der Waals surface area contributed by atoms with Gasteiger partial charge in [0.2, 0.25) is 0 Å². The van der Waals surface area contributed by atoms with Gasteiger partial charge < -0.3 is 4.74 Å². The zero-order valence-corrected chi connectivity index (χ0v) is 10.8. The van der Waals surface area contributed by atoms with Crippen LogP contribution >= 0.6 is 0 Å². The van der Waals surface area contributed by atoms with Crippen molar-refractivity contribution in [3.63, 3.8) is 0 Å². The molecule has 1 aromatic rings. The first kappa shape index (κ1) is 11.1. The Morgan fingerprint density at radius 3 is 3.06 bits per heavy atom. The fourth-order valence-corrected chi connectivity index (χ4v) is 3.46. The van der Waals surface area contributed by atoms with Crippen LogP contribution in [-0.2, 0) is 6.42 Å². The largest absolute Gasteiger partial charge is 0.497 e. The number of hydrogen-bond donors (Lipinski definition) is 0. The molecule has 17 heavy (non-hydrogen) atoms. The number of likely N-dealkylation sites (tertiary alicyclic amines) is 1. The van der Waals surface area contributed by atoms with Gasteiger partial charge in [-0.3, -0.25) is 4.90 Å². The fraction of sp³-hybridized carbons (Fsp3) is 0.600. The van der Waals surface area contributed by atoms with Gasteiger partial charge in [-0.15, -0.1) is 0 Å². The van der Waals surface area contributed by atoms with Crippen molar-refractivity contribution in [3.8, 4) is 5.75 Å². The first-order valence-corrected chi connectivity index (χ1v) is 6.65. The maximum absolute atomic E-state index is 5.37. The second-order valence-electron chi connectivity index (χ2n) is 5.51. The van der Waals surface area contributed by atoms with Crippen molar-refractivity contribution >= 4 is 0 Å². The Labute approximate surface area is 104 Å². The molecule has 0 aromatic heterocycles. The fourth-order valence-electron chi connectivity index (χ4n) is 3.46. The molecule has 0 N–H and O–H groups in total. The van der Waals surface area contributed by atoms with Gasteiger partial charge in [0.25, 0.3) is 0 Å². The van der Waals surface area contributed by atoms with Crippen LogP contribution < -0.4 is 4.74 Å². The Balaban J connectivity index is 2.02. The van der Waals surface area contributed by atoms with E-state index in [1.807, 2.05) is 0 Å². The van der Waals surface area contributed by atoms with Crippen LogP contribution in [0.25, 0.3) is 0 Å². The van der Waals surface area contributed by atoms with Gasteiger partial charge in [-0.25, -0.2) is 0 Å². The van der Waals surface area contributed by atoms with Crippen LogP contribution in [0.15, 0.2) is 18.2 Å². The van der Waals surface area contributed by atoms with E-state index in [0.29, 0.717) is 6.04 Å². The monoisotopic (exact) mass is 231 g/mol. The van der Waals surface area contributed by atoms with Gasteiger partial charge in [0.05, 0.1) is 7.11 Å². The average Bonchev–Trinajstić information content (AvgIpc) is 2.50. The number of benzene rings is 1. The van der Waals surface area contributed by atoms with Crippen molar-refractivity contribution in [1.29, 1.82) is 0 Å². The summed E-state index contributed by atoms with van der Waals surface area (Å²) in [6, 6.07) is 7.24. The van der Waals surface area contributed by atoms with E-state index in [1.54, 1.807) is 12.7 Å². The summed E-state index contributed by atoms with van der Waals surface area (Å²) >= 11 is 0. The molecule has 92 valence electrons. The summed E-state index contributed by atoms with van der Waals surface area (Å²) in [5.74, 6) is 1.89. The summed E-state index contributed by atoms with van der Waals surface area (Å²) in [5.41, 5.74) is 3.05. The van der Waals surface area contributed by atoms with Crippen LogP contribution in [0.3, 0.4) is 0 Å². The summed E-state index contributed by atoms with van der Waals surface area (Å²) in [6.07, 6.45) is 5.34. The van der Waals surface area contributed by atoms with Gasteiger partial charge in [0.1, 0.15) is 5.75 Å². The van der Waals surface area contributed by atoms with Crippen molar-refractivity contribution < 1.29 is 4.74 Å². The van der Waals surface area contributed by atoms with Crippen molar-refractivity contribution in [2.45, 2.75) is 31.7 Å². The number of ether oxygens (including phenoxy) is 1. The highest BCUT2D eigenvalue weighted by Crippen LogP contribution is 2.41. The third-order valence-electron chi connectivity index (χ3n) is 4.43. The lowest BCUT2D eigenvalue weighted by molar-refractivity contribution is 0.226. The molecule has 2 bridgehead atoms. The number of hydrogen-bond acceptors (Lipinski definition) is 2. The highest BCUT2D eigenvalue weighted by Gasteiger charge is 2.31. The normalized spacial score (nSPS) is 28.4. The molecule has 3 rings (SSSR count). The van der Waals surface area contributed by atoms with Gasteiger partial charge in [-0.05, 0) is 68.5 Å². The van der Waals surface area contributed by atoms with Crippen molar-refractivity contribution in [2.75, 3.05) is 20.7 Å². The minimum absolute atomic E-state index is 0.612. The highest BCUT2D eigenvalue weighted by atomic mass is 16.5. The molecule has 0 radical (unpaired) electrons. The SMILES string of the molecule is COc1ccc2c(c1)[C@H]1C[C@@H](CCCN1C)C2. The standard InChI is InChI=1S/C15H21NO/c1-16-7-3-4-11-8-12-5-6-13(17-2)10-14(12)15(16)9-11/h5-6,10-11,15H,3-4,7-9H2,1-2H3/t11-,15+/m0/s1. The van der Waals surface area contributed by atoms with E-state index in [9.17, 15) is 0 Å². The molecular weight excluding hydrogens is 210 g/mol. The number of nitrogens with zero attached hydrogens (tertiary/aromatic N) is 1. The predicted octanol–water partition coefficient (Wildman–Crippen LogP) is 3.02. The van der Waals surface area contributed by atoms with Gasteiger partial charge in [-0.1, -0.05) is 6.07 Å². The van der Waals surface area contributed by atoms with E-state index in [1.165, 1.54) is 37.8 Å². The second-order valence-corrected chi connectivity index (χ2v) is 5.51. The Morgan fingerprint density at radius 2 is 2.24 bits per heavy atom. The quantitative estimate of drug-likeness (QED) is 0.736. The van der Waals surface area contributed by atoms with Gasteiger partial charge in [-0.2, -0.15) is 0 Å². The summed E-state index contributed by atoms with van der Waals surface area (Å²) in [5, 5.41) is 0. The number of methoxy groups -OCH3 is 1. The first-order valence-electron chi connectivity index (χ1n) is 6.65. The van der Waals surface area contributed by atoms with Crippen LogP contribution in [0.1, 0.15) is 36.4 Å². The maximum atomic E-state index is 5.37. The van der Waals surface area contributed by atoms with Crippen molar-refractivity contribution in [2.24, 2.45) is 5.92 Å². The van der Waals surface area contributed by atoms with Crippen LogP contribution in [0, 0.1) is 5.92 Å². The molecule has 2 aliphatic rings. The Bertz CT molecular complexity index is 415. The molecule has 0 spiro atoms. The third kappa shape index (κ3) is 1.95. The van der Waals surface area contributed by atoms with Crippen LogP contribution in [0.4, 0.5) is 0 Å². The molecule has 2 atom stereocenters. The van der Waals surface area contributed by atoms with Gasteiger partial charge >= 0.3 is 0 Å². The molecule has 0 amide bonds. The number of fused-ring (bicyclic) bond motifs is 4. The van der Waals surface area contributed by atoms with Gasteiger partial charge in [0, 0.05) is 6.04 Å². The first-order chi connectivity index (χ1) is 8.28. The predicted molar refractivity (Wildman–Crippen MR) is 69.4 cm³/mol. The summed E-state index contributed by atoms with van der Waals surface area (Å²) in [6.45, 7) is 1.23. The number of rotatable bonds is 1. The molecule has 0 unspecified atom stereocenters. The molecule has 1 saturated heterocycles. The molecular formula is C15H21NO. The lowest BCUT2D eigenvalue weighted by Crippen LogP contribution is -2.28. The Hall–Kier alpha value is -1.02. The van der Waals surface area contributed by atoms with Crippen molar-refractivity contribution in [3.05, 3.63) is 29.3 Å². The smallest absolute Gasteiger partial charge is 0.119 e. The maximum Gasteiger partial charge on any atom is 0.119 e. The van der Waals surface area contributed by atoms with E-state index in [2.05, 4.69) is 30.1 Å². The molecule has 0 saturated carbocycles. The average molecular weight is 231 g/mol. The zero-order chi connectivity index (χ0) is 11.8. The lowest BCUT2D eigenvalue weighted by Gasteiger charge is -2.34. The topological polar surface area (TPSA) is 12.5 Å². The van der Waals surface area contributed by atoms with Crippen LogP contribution in [-0.4, -0.2) is 25.6 Å². The van der Waals surface area contributed by atoms with Crippen LogP contribution in [0.2, 0.25) is 0 Å². The summed E-state index contributed by atoms with van der Waals surface area (Å²) in [4.78, 5) is 2.53. The Morgan fingerprint density at radius 1 is 1.35 bits per heavy atom. The third-order valence-corrected chi connectivity index (χ3v) is 4.43.